The number of halogens is 1. The fourth-order valence-corrected chi connectivity index (χ4v) is 3.31. The Hall–Kier alpha value is -2.53. The Bertz CT molecular complexity index is 932. The van der Waals surface area contributed by atoms with Gasteiger partial charge in [-0.15, -0.1) is 24.0 Å². The summed E-state index contributed by atoms with van der Waals surface area (Å²) in [4.78, 5) is 15.5. The van der Waals surface area contributed by atoms with Gasteiger partial charge in [-0.2, -0.15) is 0 Å². The van der Waals surface area contributed by atoms with Crippen molar-refractivity contribution in [2.24, 2.45) is 4.99 Å². The van der Waals surface area contributed by atoms with Gasteiger partial charge in [0, 0.05) is 44.3 Å². The number of guanidine groups is 1. The van der Waals surface area contributed by atoms with E-state index in [9.17, 15) is 4.79 Å². The molecule has 1 heterocycles. The number of amides is 1. The number of ether oxygens (including phenoxy) is 3. The SMILES string of the molecule is CN=C(NCCOc1cccc(NC(C)=O)c1)NCc1ccc(C)cc1OC1CCOC1.I. The Kier molecular flexibility index (Phi) is 11.2. The van der Waals surface area contributed by atoms with E-state index in [1.54, 1.807) is 13.1 Å². The molecule has 1 aliphatic heterocycles. The van der Waals surface area contributed by atoms with Crippen LogP contribution in [-0.4, -0.2) is 51.4 Å². The van der Waals surface area contributed by atoms with E-state index in [0.29, 0.717) is 43.7 Å². The molecule has 1 fully saturated rings. The van der Waals surface area contributed by atoms with Crippen molar-refractivity contribution in [2.45, 2.75) is 32.9 Å². The van der Waals surface area contributed by atoms with E-state index in [0.717, 1.165) is 29.9 Å². The first kappa shape index (κ1) is 26.7. The fraction of sp³-hybridized carbons (Fsp3) is 0.417. The maximum absolute atomic E-state index is 11.2. The Morgan fingerprint density at radius 3 is 2.79 bits per heavy atom. The lowest BCUT2D eigenvalue weighted by atomic mass is 10.1. The topological polar surface area (TPSA) is 93.2 Å². The number of rotatable bonds is 9. The average molecular weight is 568 g/mol. The van der Waals surface area contributed by atoms with Crippen LogP contribution in [0.3, 0.4) is 0 Å². The summed E-state index contributed by atoms with van der Waals surface area (Å²) in [5, 5.41) is 9.31. The molecule has 3 rings (SSSR count). The first-order valence-corrected chi connectivity index (χ1v) is 10.8. The van der Waals surface area contributed by atoms with Crippen LogP contribution in [-0.2, 0) is 16.1 Å². The van der Waals surface area contributed by atoms with Crippen molar-refractivity contribution in [1.82, 2.24) is 10.6 Å². The van der Waals surface area contributed by atoms with Crippen molar-refractivity contribution in [3.05, 3.63) is 53.6 Å². The third-order valence-electron chi connectivity index (χ3n) is 4.89. The molecule has 1 saturated heterocycles. The monoisotopic (exact) mass is 568 g/mol. The van der Waals surface area contributed by atoms with Gasteiger partial charge in [0.15, 0.2) is 5.96 Å². The number of anilines is 1. The van der Waals surface area contributed by atoms with Crippen molar-refractivity contribution in [3.8, 4) is 11.5 Å². The molecule has 3 N–H and O–H groups in total. The van der Waals surface area contributed by atoms with Gasteiger partial charge >= 0.3 is 0 Å². The molecule has 2 aromatic rings. The Balaban J connectivity index is 0.00000385. The Labute approximate surface area is 212 Å². The summed E-state index contributed by atoms with van der Waals surface area (Å²) in [5.41, 5.74) is 2.93. The number of nitrogens with one attached hydrogen (secondary N) is 3. The number of hydrogen-bond donors (Lipinski definition) is 3. The quantitative estimate of drug-likeness (QED) is 0.186. The van der Waals surface area contributed by atoms with Crippen molar-refractivity contribution < 1.29 is 19.0 Å². The second-order valence-corrected chi connectivity index (χ2v) is 7.62. The van der Waals surface area contributed by atoms with Crippen molar-refractivity contribution >= 4 is 41.5 Å². The van der Waals surface area contributed by atoms with E-state index in [4.69, 9.17) is 14.2 Å². The third-order valence-corrected chi connectivity index (χ3v) is 4.89. The minimum atomic E-state index is -0.114. The molecule has 9 heteroatoms. The maximum Gasteiger partial charge on any atom is 0.221 e. The average Bonchev–Trinajstić information content (AvgIpc) is 3.27. The zero-order valence-electron chi connectivity index (χ0n) is 19.3. The highest BCUT2D eigenvalue weighted by Crippen LogP contribution is 2.23. The second-order valence-electron chi connectivity index (χ2n) is 7.62. The first-order valence-electron chi connectivity index (χ1n) is 10.8. The summed E-state index contributed by atoms with van der Waals surface area (Å²) in [7, 11) is 1.73. The molecule has 0 bridgehead atoms. The molecule has 2 aromatic carbocycles. The molecule has 0 aliphatic carbocycles. The van der Waals surface area contributed by atoms with Gasteiger partial charge in [-0.05, 0) is 30.7 Å². The summed E-state index contributed by atoms with van der Waals surface area (Å²) in [5.74, 6) is 2.14. The lowest BCUT2D eigenvalue weighted by molar-refractivity contribution is -0.114. The fourth-order valence-electron chi connectivity index (χ4n) is 3.31. The number of benzene rings is 2. The molecule has 0 spiro atoms. The number of carbonyl (C=O) groups excluding carboxylic acids is 1. The summed E-state index contributed by atoms with van der Waals surface area (Å²) in [6.07, 6.45) is 1.02. The van der Waals surface area contributed by atoms with Crippen LogP contribution in [0.5, 0.6) is 11.5 Å². The van der Waals surface area contributed by atoms with Crippen LogP contribution < -0.4 is 25.4 Å². The molecule has 1 atom stereocenters. The molecule has 0 saturated carbocycles. The predicted octanol–water partition coefficient (Wildman–Crippen LogP) is 3.48. The van der Waals surface area contributed by atoms with E-state index in [1.807, 2.05) is 18.2 Å². The van der Waals surface area contributed by atoms with Gasteiger partial charge < -0.3 is 30.2 Å². The van der Waals surface area contributed by atoms with Crippen LogP contribution in [0.15, 0.2) is 47.5 Å². The molecule has 0 radical (unpaired) electrons. The highest BCUT2D eigenvalue weighted by Gasteiger charge is 2.18. The van der Waals surface area contributed by atoms with E-state index in [1.165, 1.54) is 6.92 Å². The van der Waals surface area contributed by atoms with Gasteiger partial charge in [0.25, 0.3) is 0 Å². The van der Waals surface area contributed by atoms with Crippen molar-refractivity contribution in [1.29, 1.82) is 0 Å². The predicted molar refractivity (Wildman–Crippen MR) is 141 cm³/mol. The van der Waals surface area contributed by atoms with Gasteiger partial charge in [-0.3, -0.25) is 9.79 Å². The minimum absolute atomic E-state index is 0. The normalized spacial score (nSPS) is 15.4. The standard InChI is InChI=1S/C24H32N4O4.HI/c1-17-7-8-19(23(13-17)32-22-9-11-30-16-22)15-27-24(25-3)26-10-12-31-21-6-4-5-20(14-21)28-18(2)29;/h4-8,13-14,22H,9-12,15-16H2,1-3H3,(H,28,29)(H2,25,26,27);1H. The highest BCUT2D eigenvalue weighted by molar-refractivity contribution is 14.0. The molecular weight excluding hydrogens is 535 g/mol. The minimum Gasteiger partial charge on any atom is -0.492 e. The number of hydrogen-bond acceptors (Lipinski definition) is 5. The van der Waals surface area contributed by atoms with Gasteiger partial charge in [-0.1, -0.05) is 18.2 Å². The number of nitrogens with zero attached hydrogens (tertiary/aromatic N) is 1. The van der Waals surface area contributed by atoms with E-state index < -0.39 is 0 Å². The zero-order chi connectivity index (χ0) is 22.8. The van der Waals surface area contributed by atoms with E-state index in [2.05, 4.69) is 46.1 Å². The van der Waals surface area contributed by atoms with E-state index in [-0.39, 0.29) is 36.0 Å². The number of aryl methyl sites for hydroxylation is 1. The van der Waals surface area contributed by atoms with Gasteiger partial charge in [0.05, 0.1) is 19.8 Å². The maximum atomic E-state index is 11.2. The van der Waals surface area contributed by atoms with Crippen LogP contribution >= 0.6 is 24.0 Å². The lowest BCUT2D eigenvalue weighted by Crippen LogP contribution is -2.39. The van der Waals surface area contributed by atoms with Gasteiger partial charge in [0.1, 0.15) is 24.2 Å². The molecule has 180 valence electrons. The van der Waals surface area contributed by atoms with Crippen LogP contribution in [0.1, 0.15) is 24.5 Å². The van der Waals surface area contributed by atoms with Crippen molar-refractivity contribution in [2.75, 3.05) is 38.7 Å². The number of aliphatic imine (C=N–C) groups is 1. The molecule has 1 aliphatic rings. The summed E-state index contributed by atoms with van der Waals surface area (Å²) >= 11 is 0. The smallest absolute Gasteiger partial charge is 0.221 e. The van der Waals surface area contributed by atoms with Crippen molar-refractivity contribution in [3.63, 3.8) is 0 Å². The Morgan fingerprint density at radius 1 is 1.21 bits per heavy atom. The van der Waals surface area contributed by atoms with Gasteiger partial charge in [0.2, 0.25) is 5.91 Å². The molecule has 1 amide bonds. The second kappa shape index (κ2) is 13.9. The molecule has 8 nitrogen and oxygen atoms in total. The van der Waals surface area contributed by atoms with Crippen LogP contribution in [0, 0.1) is 6.92 Å². The van der Waals surface area contributed by atoms with Crippen LogP contribution in [0.25, 0.3) is 0 Å². The first-order chi connectivity index (χ1) is 15.5. The van der Waals surface area contributed by atoms with E-state index >= 15 is 0 Å². The summed E-state index contributed by atoms with van der Waals surface area (Å²) < 4.78 is 17.4. The molecule has 0 aromatic heterocycles. The van der Waals surface area contributed by atoms with Crippen LogP contribution in [0.2, 0.25) is 0 Å². The zero-order valence-corrected chi connectivity index (χ0v) is 21.7. The largest absolute Gasteiger partial charge is 0.492 e. The molecule has 33 heavy (non-hydrogen) atoms. The summed E-state index contributed by atoms with van der Waals surface area (Å²) in [6.45, 7) is 6.53. The third kappa shape index (κ3) is 9.09. The number of carbonyl (C=O) groups is 1. The lowest BCUT2D eigenvalue weighted by Gasteiger charge is -2.18. The molecule has 1 unspecified atom stereocenters. The summed E-state index contributed by atoms with van der Waals surface area (Å²) in [6, 6.07) is 13.5. The molecular formula is C24H33IN4O4. The Morgan fingerprint density at radius 2 is 2.06 bits per heavy atom. The van der Waals surface area contributed by atoms with Gasteiger partial charge in [-0.25, -0.2) is 0 Å². The highest BCUT2D eigenvalue weighted by atomic mass is 127. The van der Waals surface area contributed by atoms with Crippen LogP contribution in [0.4, 0.5) is 5.69 Å².